The van der Waals surface area contributed by atoms with Gasteiger partial charge in [-0.1, -0.05) is 12.8 Å². The Balaban J connectivity index is 1.59. The van der Waals surface area contributed by atoms with Gasteiger partial charge in [-0.05, 0) is 32.1 Å². The Bertz CT molecular complexity index is 592. The molecule has 3 rings (SSSR count). The van der Waals surface area contributed by atoms with Crippen molar-refractivity contribution in [2.75, 3.05) is 31.3 Å². The van der Waals surface area contributed by atoms with E-state index in [1.165, 1.54) is 0 Å². The molecule has 7 nitrogen and oxygen atoms in total. The second-order valence-corrected chi connectivity index (χ2v) is 9.52. The minimum atomic E-state index is -3.07. The van der Waals surface area contributed by atoms with E-state index in [1.54, 1.807) is 4.90 Å². The number of rotatable bonds is 5. The molecule has 3 aliphatic rings. The third-order valence-corrected chi connectivity index (χ3v) is 7.25. The molecule has 2 aliphatic heterocycles. The molecule has 1 unspecified atom stereocenters. The summed E-state index contributed by atoms with van der Waals surface area (Å²) in [5.41, 5.74) is 0. The van der Waals surface area contributed by atoms with Gasteiger partial charge >= 0.3 is 5.97 Å². The second-order valence-electron chi connectivity index (χ2n) is 7.29. The molecular formula is C17H27NO6S. The molecule has 8 heteroatoms. The molecule has 1 saturated carbocycles. The van der Waals surface area contributed by atoms with Crippen molar-refractivity contribution in [3.63, 3.8) is 0 Å². The van der Waals surface area contributed by atoms with Gasteiger partial charge in [0.2, 0.25) is 0 Å². The van der Waals surface area contributed by atoms with Crippen LogP contribution in [0.25, 0.3) is 0 Å². The van der Waals surface area contributed by atoms with Gasteiger partial charge in [0, 0.05) is 25.3 Å². The molecule has 2 saturated heterocycles. The van der Waals surface area contributed by atoms with Crippen molar-refractivity contribution in [3.8, 4) is 0 Å². The molecule has 0 bridgehead atoms. The number of carbonyl (C=O) groups is 2. The number of ether oxygens (including phenoxy) is 2. The van der Waals surface area contributed by atoms with Crippen LogP contribution >= 0.6 is 0 Å². The van der Waals surface area contributed by atoms with E-state index in [9.17, 15) is 18.0 Å². The topological polar surface area (TPSA) is 90.0 Å². The summed E-state index contributed by atoms with van der Waals surface area (Å²) in [7, 11) is -3.07. The molecule has 0 radical (unpaired) electrons. The molecule has 1 aliphatic carbocycles. The highest BCUT2D eigenvalue weighted by Gasteiger charge is 2.39. The monoisotopic (exact) mass is 373 g/mol. The summed E-state index contributed by atoms with van der Waals surface area (Å²) in [6, 6.07) is -0.199. The number of hydrogen-bond acceptors (Lipinski definition) is 6. The lowest BCUT2D eigenvalue weighted by Crippen LogP contribution is -2.48. The van der Waals surface area contributed by atoms with Crippen LogP contribution in [0.3, 0.4) is 0 Å². The lowest BCUT2D eigenvalue weighted by molar-refractivity contribution is -0.159. The lowest BCUT2D eigenvalue weighted by Gasteiger charge is -2.34. The average molecular weight is 373 g/mol. The van der Waals surface area contributed by atoms with Gasteiger partial charge in [-0.3, -0.25) is 9.59 Å². The molecule has 0 N–H and O–H groups in total. The third-order valence-electron chi connectivity index (χ3n) is 5.50. The van der Waals surface area contributed by atoms with Crippen molar-refractivity contribution >= 4 is 21.7 Å². The number of nitrogens with zero attached hydrogens (tertiary/aromatic N) is 1. The maximum absolute atomic E-state index is 12.7. The maximum Gasteiger partial charge on any atom is 0.309 e. The zero-order valence-electron chi connectivity index (χ0n) is 14.5. The molecule has 0 aromatic rings. The van der Waals surface area contributed by atoms with Crippen LogP contribution in [0, 0.1) is 5.92 Å². The van der Waals surface area contributed by atoms with Crippen molar-refractivity contribution in [3.05, 3.63) is 0 Å². The SMILES string of the molecule is O=C(OCC(=O)N(C1CCCC1)C1CCS(=O)(=O)C1)C1CCOCC1. The molecule has 0 aromatic heterocycles. The first-order chi connectivity index (χ1) is 12.0. The fourth-order valence-corrected chi connectivity index (χ4v) is 5.85. The van der Waals surface area contributed by atoms with Crippen molar-refractivity contribution in [2.24, 2.45) is 5.92 Å². The van der Waals surface area contributed by atoms with E-state index in [1.807, 2.05) is 0 Å². The smallest absolute Gasteiger partial charge is 0.309 e. The van der Waals surface area contributed by atoms with Gasteiger partial charge in [0.1, 0.15) is 0 Å². The number of amides is 1. The van der Waals surface area contributed by atoms with Crippen LogP contribution in [-0.4, -0.2) is 68.6 Å². The van der Waals surface area contributed by atoms with Gasteiger partial charge in [-0.2, -0.15) is 0 Å². The van der Waals surface area contributed by atoms with Gasteiger partial charge in [-0.25, -0.2) is 8.42 Å². The maximum atomic E-state index is 12.7. The summed E-state index contributed by atoms with van der Waals surface area (Å²) in [4.78, 5) is 26.6. The van der Waals surface area contributed by atoms with Gasteiger partial charge in [0.05, 0.1) is 17.4 Å². The fourth-order valence-electron chi connectivity index (χ4n) is 4.14. The van der Waals surface area contributed by atoms with Gasteiger partial charge in [0.15, 0.2) is 16.4 Å². The number of sulfone groups is 1. The second kappa shape index (κ2) is 8.03. The molecule has 25 heavy (non-hydrogen) atoms. The molecule has 2 heterocycles. The molecule has 0 spiro atoms. The number of esters is 1. The average Bonchev–Trinajstić information content (AvgIpc) is 3.24. The van der Waals surface area contributed by atoms with E-state index < -0.39 is 9.84 Å². The summed E-state index contributed by atoms with van der Waals surface area (Å²) in [5.74, 6) is -0.635. The summed E-state index contributed by atoms with van der Waals surface area (Å²) in [6.45, 7) is 0.799. The zero-order chi connectivity index (χ0) is 17.9. The van der Waals surface area contributed by atoms with E-state index in [-0.39, 0.29) is 48.0 Å². The predicted molar refractivity (Wildman–Crippen MR) is 90.7 cm³/mol. The van der Waals surface area contributed by atoms with E-state index in [0.717, 1.165) is 25.7 Å². The Hall–Kier alpha value is -1.15. The summed E-state index contributed by atoms with van der Waals surface area (Å²) >= 11 is 0. The quantitative estimate of drug-likeness (QED) is 0.666. The normalized spacial score (nSPS) is 27.3. The van der Waals surface area contributed by atoms with Crippen molar-refractivity contribution < 1.29 is 27.5 Å². The van der Waals surface area contributed by atoms with Gasteiger partial charge in [-0.15, -0.1) is 0 Å². The Labute approximate surface area is 148 Å². The molecule has 3 fully saturated rings. The van der Waals surface area contributed by atoms with Crippen molar-refractivity contribution in [2.45, 2.75) is 57.0 Å². The largest absolute Gasteiger partial charge is 0.455 e. The lowest BCUT2D eigenvalue weighted by atomic mass is 10.0. The van der Waals surface area contributed by atoms with Crippen LogP contribution in [0.5, 0.6) is 0 Å². The Morgan fingerprint density at radius 3 is 2.28 bits per heavy atom. The van der Waals surface area contributed by atoms with Crippen LogP contribution in [0.1, 0.15) is 44.9 Å². The molecule has 0 aromatic carbocycles. The highest BCUT2D eigenvalue weighted by atomic mass is 32.2. The highest BCUT2D eigenvalue weighted by Crippen LogP contribution is 2.29. The summed E-state index contributed by atoms with van der Waals surface area (Å²) in [5, 5.41) is 0. The Morgan fingerprint density at radius 2 is 1.68 bits per heavy atom. The predicted octanol–water partition coefficient (Wildman–Crippen LogP) is 0.915. The van der Waals surface area contributed by atoms with Crippen LogP contribution in [0.4, 0.5) is 0 Å². The standard InChI is InChI=1S/C17H27NO6S/c19-16(11-24-17(20)13-5-8-23-9-6-13)18(14-3-1-2-4-14)15-7-10-25(21,22)12-15/h13-15H,1-12H2. The van der Waals surface area contributed by atoms with Gasteiger partial charge < -0.3 is 14.4 Å². The van der Waals surface area contributed by atoms with Crippen LogP contribution in [-0.2, 0) is 28.9 Å². The molecule has 1 atom stereocenters. The van der Waals surface area contributed by atoms with E-state index in [2.05, 4.69) is 0 Å². The summed E-state index contributed by atoms with van der Waals surface area (Å²) < 4.78 is 34.1. The fraction of sp³-hybridized carbons (Fsp3) is 0.882. The van der Waals surface area contributed by atoms with E-state index >= 15 is 0 Å². The molecule has 142 valence electrons. The Kier molecular flexibility index (Phi) is 5.99. The van der Waals surface area contributed by atoms with Crippen LogP contribution in [0.2, 0.25) is 0 Å². The van der Waals surface area contributed by atoms with E-state index in [0.29, 0.717) is 32.5 Å². The zero-order valence-corrected chi connectivity index (χ0v) is 15.3. The molecule has 1 amide bonds. The minimum absolute atomic E-state index is 0.0309. The van der Waals surface area contributed by atoms with Crippen molar-refractivity contribution in [1.29, 1.82) is 0 Å². The first-order valence-corrected chi connectivity index (χ1v) is 11.0. The van der Waals surface area contributed by atoms with E-state index in [4.69, 9.17) is 9.47 Å². The van der Waals surface area contributed by atoms with Crippen LogP contribution in [0.15, 0.2) is 0 Å². The van der Waals surface area contributed by atoms with Crippen LogP contribution < -0.4 is 0 Å². The van der Waals surface area contributed by atoms with Gasteiger partial charge in [0.25, 0.3) is 5.91 Å². The third kappa shape index (κ3) is 4.73. The number of carbonyl (C=O) groups excluding carboxylic acids is 2. The highest BCUT2D eigenvalue weighted by molar-refractivity contribution is 7.91. The first kappa shape index (κ1) is 18.6. The number of hydrogen-bond donors (Lipinski definition) is 0. The first-order valence-electron chi connectivity index (χ1n) is 9.22. The minimum Gasteiger partial charge on any atom is -0.455 e. The molecular weight excluding hydrogens is 346 g/mol. The van der Waals surface area contributed by atoms with Crippen molar-refractivity contribution in [1.82, 2.24) is 4.90 Å². The Morgan fingerprint density at radius 1 is 1.00 bits per heavy atom. The summed E-state index contributed by atoms with van der Waals surface area (Å²) in [6.07, 6.45) is 5.64.